The topological polar surface area (TPSA) is 132 Å². The summed E-state index contributed by atoms with van der Waals surface area (Å²) in [6.45, 7) is 0.570. The van der Waals surface area contributed by atoms with Gasteiger partial charge >= 0.3 is 0 Å². The van der Waals surface area contributed by atoms with Crippen LogP contribution in [0.1, 0.15) is 15.9 Å². The number of nitrogens with one attached hydrogen (secondary N) is 1. The maximum Gasteiger partial charge on any atom is 0.251 e. The number of carbonyl (C=O) groups excluding carboxylic acids is 1. The lowest BCUT2D eigenvalue weighted by molar-refractivity contribution is 0.0954. The first-order chi connectivity index (χ1) is 11.5. The molecule has 0 aliphatic heterocycles. The van der Waals surface area contributed by atoms with E-state index in [9.17, 15) is 4.79 Å². The molecule has 0 aliphatic carbocycles. The molecule has 7 N–H and O–H groups in total. The summed E-state index contributed by atoms with van der Waals surface area (Å²) in [7, 11) is 0. The minimum Gasteiger partial charge on any atom is -0.370 e. The molecule has 0 unspecified atom stereocenters. The Bertz CT molecular complexity index is 733. The molecule has 2 aromatic carbocycles. The summed E-state index contributed by atoms with van der Waals surface area (Å²) in [5, 5.41) is 2.88. The summed E-state index contributed by atoms with van der Waals surface area (Å²) < 4.78 is 0. The lowest BCUT2D eigenvalue weighted by Crippen LogP contribution is -2.26. The highest BCUT2D eigenvalue weighted by molar-refractivity contribution is 5.95. The summed E-state index contributed by atoms with van der Waals surface area (Å²) >= 11 is 0. The van der Waals surface area contributed by atoms with Crippen molar-refractivity contribution in [2.24, 2.45) is 27.2 Å². The lowest BCUT2D eigenvalue weighted by Gasteiger charge is -2.06. The van der Waals surface area contributed by atoms with Gasteiger partial charge in [0.2, 0.25) is 5.96 Å². The number of guanidine groups is 2. The highest BCUT2D eigenvalue weighted by Gasteiger charge is 2.05. The summed E-state index contributed by atoms with van der Waals surface area (Å²) in [6.07, 6.45) is 0.782. The minimum absolute atomic E-state index is 0.0462. The molecule has 24 heavy (non-hydrogen) atoms. The van der Waals surface area contributed by atoms with Gasteiger partial charge in [0, 0.05) is 12.1 Å². The van der Waals surface area contributed by atoms with Crippen molar-refractivity contribution in [3.63, 3.8) is 0 Å². The lowest BCUT2D eigenvalue weighted by atomic mass is 10.1. The van der Waals surface area contributed by atoms with Gasteiger partial charge in [0.15, 0.2) is 5.96 Å². The molecule has 0 spiro atoms. The fourth-order valence-corrected chi connectivity index (χ4v) is 2.04. The van der Waals surface area contributed by atoms with Gasteiger partial charge in [0.05, 0.1) is 5.69 Å². The zero-order chi connectivity index (χ0) is 17.4. The van der Waals surface area contributed by atoms with E-state index in [1.54, 1.807) is 24.3 Å². The van der Waals surface area contributed by atoms with Gasteiger partial charge in [-0.15, -0.1) is 0 Å². The molecule has 0 fully saturated rings. The van der Waals surface area contributed by atoms with Crippen LogP contribution < -0.4 is 22.5 Å². The van der Waals surface area contributed by atoms with Crippen LogP contribution in [0.15, 0.2) is 64.6 Å². The predicted octanol–water partition coefficient (Wildman–Crippen LogP) is 0.879. The van der Waals surface area contributed by atoms with Gasteiger partial charge in [-0.2, -0.15) is 4.99 Å². The number of amides is 1. The van der Waals surface area contributed by atoms with E-state index in [1.165, 1.54) is 5.56 Å². The second-order valence-corrected chi connectivity index (χ2v) is 5.05. The molecule has 2 aromatic rings. The van der Waals surface area contributed by atoms with Gasteiger partial charge in [-0.1, -0.05) is 30.3 Å². The predicted molar refractivity (Wildman–Crippen MR) is 96.0 cm³/mol. The zero-order valence-corrected chi connectivity index (χ0v) is 13.1. The normalized spacial score (nSPS) is 10.9. The van der Waals surface area contributed by atoms with Crippen molar-refractivity contribution in [2.45, 2.75) is 6.42 Å². The van der Waals surface area contributed by atoms with Crippen LogP contribution in [0.25, 0.3) is 0 Å². The Kier molecular flexibility index (Phi) is 5.90. The third kappa shape index (κ3) is 5.45. The standard InChI is InChI=1S/C17H20N6O/c18-16(19)23-17(20)22-14-8-6-13(7-9-14)15(24)21-11-10-12-4-2-1-3-5-12/h1-9H,10-11H2,(H,21,24)(H6,18,19,20,22,23). The van der Waals surface area contributed by atoms with Crippen molar-refractivity contribution in [1.82, 2.24) is 5.32 Å². The molecule has 0 aromatic heterocycles. The molecule has 124 valence electrons. The molecule has 0 aliphatic rings. The third-order valence-corrected chi connectivity index (χ3v) is 3.16. The maximum atomic E-state index is 12.1. The van der Waals surface area contributed by atoms with E-state index in [2.05, 4.69) is 15.3 Å². The summed E-state index contributed by atoms with van der Waals surface area (Å²) in [5.74, 6) is -0.348. The number of carbonyl (C=O) groups is 1. The molecule has 2 rings (SSSR count). The van der Waals surface area contributed by atoms with Crippen LogP contribution in [-0.2, 0) is 6.42 Å². The van der Waals surface area contributed by atoms with Crippen molar-refractivity contribution >= 4 is 23.5 Å². The van der Waals surface area contributed by atoms with Gasteiger partial charge in [-0.25, -0.2) is 4.99 Å². The second kappa shape index (κ2) is 8.33. The third-order valence-electron chi connectivity index (χ3n) is 3.16. The van der Waals surface area contributed by atoms with Crippen molar-refractivity contribution in [3.05, 3.63) is 65.7 Å². The Labute approximate surface area is 140 Å². The largest absolute Gasteiger partial charge is 0.370 e. The molecule has 0 atom stereocenters. The first-order valence-electron chi connectivity index (χ1n) is 7.40. The van der Waals surface area contributed by atoms with E-state index >= 15 is 0 Å². The highest BCUT2D eigenvalue weighted by Crippen LogP contribution is 2.13. The second-order valence-electron chi connectivity index (χ2n) is 5.05. The van der Waals surface area contributed by atoms with Gasteiger partial charge in [-0.05, 0) is 36.2 Å². The van der Waals surface area contributed by atoms with Gasteiger partial charge in [0.1, 0.15) is 0 Å². The molecular formula is C17H20N6O. The van der Waals surface area contributed by atoms with E-state index in [4.69, 9.17) is 17.2 Å². The zero-order valence-electron chi connectivity index (χ0n) is 13.1. The van der Waals surface area contributed by atoms with E-state index in [-0.39, 0.29) is 17.8 Å². The molecule has 1 amide bonds. The SMILES string of the molecule is NC(N)=NC(N)=Nc1ccc(C(=O)NCCc2ccccc2)cc1. The number of aliphatic imine (C=N–C) groups is 2. The molecule has 0 bridgehead atoms. The van der Waals surface area contributed by atoms with Gasteiger partial charge < -0.3 is 22.5 Å². The van der Waals surface area contributed by atoms with E-state index in [0.29, 0.717) is 17.8 Å². The maximum absolute atomic E-state index is 12.1. The summed E-state index contributed by atoms with van der Waals surface area (Å²) in [5.41, 5.74) is 18.3. The average Bonchev–Trinajstić information content (AvgIpc) is 2.55. The number of hydrogen-bond donors (Lipinski definition) is 4. The molecule has 0 heterocycles. The Balaban J connectivity index is 1.90. The molecule has 7 heteroatoms. The van der Waals surface area contributed by atoms with E-state index in [1.807, 2.05) is 30.3 Å². The Hall–Kier alpha value is -3.35. The molecule has 7 nitrogen and oxygen atoms in total. The summed E-state index contributed by atoms with van der Waals surface area (Å²) in [4.78, 5) is 19.7. The van der Waals surface area contributed by atoms with Crippen LogP contribution in [-0.4, -0.2) is 24.4 Å². The van der Waals surface area contributed by atoms with Crippen LogP contribution in [0.5, 0.6) is 0 Å². The number of nitrogens with two attached hydrogens (primary N) is 3. The number of benzene rings is 2. The smallest absolute Gasteiger partial charge is 0.251 e. The van der Waals surface area contributed by atoms with Crippen LogP contribution >= 0.6 is 0 Å². The number of hydrogen-bond acceptors (Lipinski definition) is 2. The van der Waals surface area contributed by atoms with Crippen molar-refractivity contribution < 1.29 is 4.79 Å². The fourth-order valence-electron chi connectivity index (χ4n) is 2.04. The average molecular weight is 324 g/mol. The first-order valence-corrected chi connectivity index (χ1v) is 7.40. The van der Waals surface area contributed by atoms with E-state index in [0.717, 1.165) is 6.42 Å². The van der Waals surface area contributed by atoms with E-state index < -0.39 is 0 Å². The molecular weight excluding hydrogens is 304 g/mol. The van der Waals surface area contributed by atoms with Gasteiger partial charge in [-0.3, -0.25) is 4.79 Å². The van der Waals surface area contributed by atoms with Crippen molar-refractivity contribution in [3.8, 4) is 0 Å². The Morgan fingerprint density at radius 3 is 2.25 bits per heavy atom. The van der Waals surface area contributed by atoms with Crippen molar-refractivity contribution in [2.75, 3.05) is 6.54 Å². The Morgan fingerprint density at radius 2 is 1.62 bits per heavy atom. The van der Waals surface area contributed by atoms with Crippen LogP contribution in [0, 0.1) is 0 Å². The monoisotopic (exact) mass is 324 g/mol. The molecule has 0 radical (unpaired) electrons. The Morgan fingerprint density at radius 1 is 0.958 bits per heavy atom. The molecule has 0 saturated carbocycles. The number of rotatable bonds is 5. The van der Waals surface area contributed by atoms with Crippen LogP contribution in [0.4, 0.5) is 5.69 Å². The fraction of sp³-hybridized carbons (Fsp3) is 0.118. The highest BCUT2D eigenvalue weighted by atomic mass is 16.1. The minimum atomic E-state index is -0.161. The van der Waals surface area contributed by atoms with Crippen molar-refractivity contribution in [1.29, 1.82) is 0 Å². The van der Waals surface area contributed by atoms with Crippen LogP contribution in [0.3, 0.4) is 0 Å². The number of nitrogens with zero attached hydrogens (tertiary/aromatic N) is 2. The summed E-state index contributed by atoms with van der Waals surface area (Å²) in [6, 6.07) is 16.6. The van der Waals surface area contributed by atoms with Gasteiger partial charge in [0.25, 0.3) is 5.91 Å². The molecule has 0 saturated heterocycles. The first kappa shape index (κ1) is 17.0. The van der Waals surface area contributed by atoms with Crippen LogP contribution in [0.2, 0.25) is 0 Å². The quantitative estimate of drug-likeness (QED) is 0.480.